The van der Waals surface area contributed by atoms with Crippen LogP contribution in [0, 0.1) is 0 Å². The Hall–Kier alpha value is -1.23. The Morgan fingerprint density at radius 3 is 2.14 bits per heavy atom. The summed E-state index contributed by atoms with van der Waals surface area (Å²) in [4.78, 5) is 0. The number of rotatable bonds is 2. The zero-order valence-electron chi connectivity index (χ0n) is 7.68. The Bertz CT molecular complexity index is 412. The lowest BCUT2D eigenvalue weighted by Gasteiger charge is -2.09. The highest BCUT2D eigenvalue weighted by Gasteiger charge is 2.01. The summed E-state index contributed by atoms with van der Waals surface area (Å²) >= 11 is 2.28. The Balaban J connectivity index is 2.51. The van der Waals surface area contributed by atoms with Gasteiger partial charge in [-0.2, -0.15) is 0 Å². The van der Waals surface area contributed by atoms with Crippen LogP contribution < -0.4 is 3.79 Å². The Morgan fingerprint density at radius 2 is 1.43 bits per heavy atom. The molecule has 0 atom stereocenters. The van der Waals surface area contributed by atoms with Crippen molar-refractivity contribution >= 4 is 16.6 Å². The van der Waals surface area contributed by atoms with Crippen LogP contribution in [0.4, 0.5) is 0 Å². The molecule has 0 saturated heterocycles. The Labute approximate surface area is 92.1 Å². The second-order valence-corrected chi connectivity index (χ2v) is 3.22. The Morgan fingerprint density at radius 1 is 0.786 bits per heavy atom. The lowest BCUT2D eigenvalue weighted by molar-refractivity contribution is 0.618. The highest BCUT2D eigenvalue weighted by Crippen LogP contribution is 2.28. The first-order valence-corrected chi connectivity index (χ1v) is 4.90. The molecule has 2 radical (unpaired) electrons. The minimum absolute atomic E-state index is 0.878. The van der Waals surface area contributed by atoms with E-state index in [0.717, 1.165) is 11.3 Å². The van der Waals surface area contributed by atoms with Gasteiger partial charge in [0.05, 0.1) is 5.75 Å². The van der Waals surface area contributed by atoms with Crippen molar-refractivity contribution in [1.29, 1.82) is 0 Å². The standard InChI is InChI=1S/C12H10O.Al/c13-12-9-5-4-8-11(12)10-6-2-1-3-7-10;/h1-9,13H;/q;+1/p-1. The summed E-state index contributed by atoms with van der Waals surface area (Å²) in [5.41, 5.74) is 2.29. The fourth-order valence-corrected chi connectivity index (χ4v) is 1.63. The zero-order valence-corrected chi connectivity index (χ0v) is 8.84. The average molecular weight is 196 g/mol. The van der Waals surface area contributed by atoms with E-state index in [1.807, 2.05) is 36.4 Å². The molecule has 0 spiro atoms. The SMILES string of the molecule is [Al][O]c1ccccc1-c1ccccc1. The van der Waals surface area contributed by atoms with Crippen molar-refractivity contribution in [1.82, 2.24) is 0 Å². The van der Waals surface area contributed by atoms with Gasteiger partial charge in [0.25, 0.3) is 0 Å². The molecule has 14 heavy (non-hydrogen) atoms. The van der Waals surface area contributed by atoms with Gasteiger partial charge in [-0.25, -0.2) is 0 Å². The molecule has 2 heteroatoms. The number of para-hydroxylation sites is 1. The van der Waals surface area contributed by atoms with Gasteiger partial charge >= 0.3 is 16.6 Å². The third-order valence-corrected chi connectivity index (χ3v) is 2.35. The highest BCUT2D eigenvalue weighted by atomic mass is 27.1. The second kappa shape index (κ2) is 4.33. The molecule has 0 heterocycles. The molecule has 2 rings (SSSR count). The first-order chi connectivity index (χ1) is 6.92. The quantitative estimate of drug-likeness (QED) is 0.671. The molecule has 0 aliphatic rings. The summed E-state index contributed by atoms with van der Waals surface area (Å²) in [6.07, 6.45) is 0. The van der Waals surface area contributed by atoms with E-state index in [1.54, 1.807) is 0 Å². The van der Waals surface area contributed by atoms with E-state index in [0.29, 0.717) is 0 Å². The molecule has 0 aliphatic heterocycles. The van der Waals surface area contributed by atoms with Crippen molar-refractivity contribution in [3.63, 3.8) is 0 Å². The molecule has 0 unspecified atom stereocenters. The van der Waals surface area contributed by atoms with Crippen LogP contribution in [-0.4, -0.2) is 16.6 Å². The summed E-state index contributed by atoms with van der Waals surface area (Å²) in [6, 6.07) is 18.2. The van der Waals surface area contributed by atoms with Crippen molar-refractivity contribution in [2.24, 2.45) is 0 Å². The van der Waals surface area contributed by atoms with Gasteiger partial charge in [-0.05, 0) is 11.6 Å². The number of benzene rings is 2. The van der Waals surface area contributed by atoms with Crippen molar-refractivity contribution in [3.05, 3.63) is 54.6 Å². The molecule has 0 N–H and O–H groups in total. The largest absolute Gasteiger partial charge is 0.653 e. The molecule has 2 aromatic carbocycles. The highest BCUT2D eigenvalue weighted by molar-refractivity contribution is 6.00. The lowest BCUT2D eigenvalue weighted by atomic mass is 10.1. The summed E-state index contributed by atoms with van der Waals surface area (Å²) in [5.74, 6) is 0.878. The van der Waals surface area contributed by atoms with Gasteiger partial charge in [0.15, 0.2) is 0 Å². The predicted octanol–water partition coefficient (Wildman–Crippen LogP) is 2.82. The molecule has 2 aromatic rings. The van der Waals surface area contributed by atoms with E-state index in [-0.39, 0.29) is 0 Å². The summed E-state index contributed by atoms with van der Waals surface area (Å²) < 4.78 is 5.22. The zero-order chi connectivity index (χ0) is 9.80. The molecule has 0 fully saturated rings. The van der Waals surface area contributed by atoms with E-state index in [2.05, 4.69) is 34.8 Å². The van der Waals surface area contributed by atoms with E-state index in [9.17, 15) is 0 Å². The van der Waals surface area contributed by atoms with E-state index in [4.69, 9.17) is 3.79 Å². The first-order valence-electron chi connectivity index (χ1n) is 4.43. The Kier molecular flexibility index (Phi) is 2.88. The normalized spacial score (nSPS) is 9.71. The van der Waals surface area contributed by atoms with Crippen molar-refractivity contribution < 1.29 is 3.79 Å². The fraction of sp³-hybridized carbons (Fsp3) is 0. The van der Waals surface area contributed by atoms with Crippen molar-refractivity contribution in [3.8, 4) is 16.9 Å². The molecule has 0 amide bonds. The maximum absolute atomic E-state index is 5.22. The average Bonchev–Trinajstić information content (AvgIpc) is 2.30. The van der Waals surface area contributed by atoms with Crippen LogP contribution in [-0.2, 0) is 0 Å². The van der Waals surface area contributed by atoms with E-state index in [1.165, 1.54) is 5.56 Å². The smallest absolute Gasteiger partial charge is 0.482 e. The van der Waals surface area contributed by atoms with Gasteiger partial charge in [-0.15, -0.1) is 0 Å². The monoisotopic (exact) mass is 196 g/mol. The van der Waals surface area contributed by atoms with Crippen molar-refractivity contribution in [2.45, 2.75) is 0 Å². The minimum atomic E-state index is 0.878. The molecular weight excluding hydrogens is 187 g/mol. The molecular formula is C12H9AlO. The fourth-order valence-electron chi connectivity index (χ4n) is 1.43. The van der Waals surface area contributed by atoms with Gasteiger partial charge < -0.3 is 3.79 Å². The van der Waals surface area contributed by atoms with Crippen LogP contribution in [0.15, 0.2) is 54.6 Å². The van der Waals surface area contributed by atoms with Gasteiger partial charge in [0.2, 0.25) is 0 Å². The summed E-state index contributed by atoms with van der Waals surface area (Å²) in [5, 5.41) is 0. The first kappa shape index (κ1) is 9.33. The van der Waals surface area contributed by atoms with E-state index >= 15 is 0 Å². The topological polar surface area (TPSA) is 9.23 Å². The van der Waals surface area contributed by atoms with Gasteiger partial charge in [-0.3, -0.25) is 0 Å². The molecule has 0 aliphatic carbocycles. The summed E-state index contributed by atoms with van der Waals surface area (Å²) in [6.45, 7) is 0. The van der Waals surface area contributed by atoms with Crippen LogP contribution in [0.25, 0.3) is 11.1 Å². The van der Waals surface area contributed by atoms with Crippen LogP contribution in [0.1, 0.15) is 0 Å². The van der Waals surface area contributed by atoms with Gasteiger partial charge in [0, 0.05) is 5.56 Å². The molecule has 66 valence electrons. The number of hydrogen-bond acceptors (Lipinski definition) is 1. The van der Waals surface area contributed by atoms with Crippen LogP contribution in [0.5, 0.6) is 5.75 Å². The molecule has 1 nitrogen and oxygen atoms in total. The third kappa shape index (κ3) is 1.82. The molecule has 0 saturated carbocycles. The molecule has 0 bridgehead atoms. The predicted molar refractivity (Wildman–Crippen MR) is 58.3 cm³/mol. The van der Waals surface area contributed by atoms with Crippen LogP contribution in [0.3, 0.4) is 0 Å². The van der Waals surface area contributed by atoms with Crippen LogP contribution in [0.2, 0.25) is 0 Å². The van der Waals surface area contributed by atoms with Crippen molar-refractivity contribution in [2.75, 3.05) is 0 Å². The van der Waals surface area contributed by atoms with E-state index < -0.39 is 0 Å². The maximum Gasteiger partial charge on any atom is 0.482 e. The lowest BCUT2D eigenvalue weighted by Crippen LogP contribution is -1.88. The summed E-state index contributed by atoms with van der Waals surface area (Å²) in [7, 11) is 0. The molecule has 0 aromatic heterocycles. The van der Waals surface area contributed by atoms with Gasteiger partial charge in [0.1, 0.15) is 0 Å². The van der Waals surface area contributed by atoms with Crippen LogP contribution >= 0.6 is 0 Å². The second-order valence-electron chi connectivity index (χ2n) is 2.98. The van der Waals surface area contributed by atoms with Gasteiger partial charge in [-0.1, -0.05) is 48.5 Å². The third-order valence-electron chi connectivity index (χ3n) is 2.10. The minimum Gasteiger partial charge on any atom is -0.653 e. The maximum atomic E-state index is 5.22. The number of hydrogen-bond donors (Lipinski definition) is 0.